The van der Waals surface area contributed by atoms with Gasteiger partial charge in [0.05, 0.1) is 16.3 Å². The molecule has 0 aliphatic rings. The molecule has 0 saturated heterocycles. The number of amides is 2. The summed E-state index contributed by atoms with van der Waals surface area (Å²) in [7, 11) is 0. The number of non-ortho nitro benzene ring substituents is 1. The molecule has 4 rings (SSSR count). The maximum absolute atomic E-state index is 13.4. The molecule has 9 heteroatoms. The second-order valence-corrected chi connectivity index (χ2v) is 9.00. The molecule has 0 atom stereocenters. The van der Waals surface area contributed by atoms with Gasteiger partial charge in [0.15, 0.2) is 0 Å². The Morgan fingerprint density at radius 3 is 2.24 bits per heavy atom. The van der Waals surface area contributed by atoms with Crippen LogP contribution in [0.15, 0.2) is 78.9 Å². The number of aromatic nitrogens is 2. The summed E-state index contributed by atoms with van der Waals surface area (Å²) >= 11 is 0. The third kappa shape index (κ3) is 5.78. The molecule has 1 heterocycles. The van der Waals surface area contributed by atoms with Gasteiger partial charge in [-0.2, -0.15) is 5.10 Å². The van der Waals surface area contributed by atoms with Crippen molar-refractivity contribution >= 4 is 23.3 Å². The molecule has 0 bridgehead atoms. The Morgan fingerprint density at radius 1 is 0.974 bits per heavy atom. The normalized spacial score (nSPS) is 10.7. The molecule has 0 spiro atoms. The molecule has 1 aromatic heterocycles. The van der Waals surface area contributed by atoms with Crippen LogP contribution >= 0.6 is 0 Å². The molecule has 0 unspecified atom stereocenters. The lowest BCUT2D eigenvalue weighted by Crippen LogP contribution is -2.38. The average Bonchev–Trinajstić information content (AvgIpc) is 3.24. The number of nitrogens with zero attached hydrogens (tertiary/aromatic N) is 4. The Labute approximate surface area is 220 Å². The zero-order valence-corrected chi connectivity index (χ0v) is 21.5. The third-order valence-corrected chi connectivity index (χ3v) is 6.10. The van der Waals surface area contributed by atoms with Crippen molar-refractivity contribution < 1.29 is 14.5 Å². The van der Waals surface area contributed by atoms with E-state index in [4.69, 9.17) is 5.10 Å². The van der Waals surface area contributed by atoms with E-state index in [0.717, 1.165) is 28.1 Å². The highest BCUT2D eigenvalue weighted by molar-refractivity contribution is 6.01. The van der Waals surface area contributed by atoms with Crippen LogP contribution in [0.3, 0.4) is 0 Å². The predicted octanol–water partition coefficient (Wildman–Crippen LogP) is 5.56. The van der Waals surface area contributed by atoms with Crippen molar-refractivity contribution in [2.45, 2.75) is 27.2 Å². The van der Waals surface area contributed by atoms with Crippen LogP contribution in [0.25, 0.3) is 16.8 Å². The summed E-state index contributed by atoms with van der Waals surface area (Å²) in [5.41, 5.74) is 4.53. The number of hydrogen-bond acceptors (Lipinski definition) is 5. The quantitative estimate of drug-likeness (QED) is 0.234. The summed E-state index contributed by atoms with van der Waals surface area (Å²) < 4.78 is 1.71. The molecule has 0 aliphatic carbocycles. The van der Waals surface area contributed by atoms with Crippen molar-refractivity contribution in [2.24, 2.45) is 0 Å². The molecule has 3 aromatic carbocycles. The molecular formula is C29H29N5O4. The van der Waals surface area contributed by atoms with Gasteiger partial charge in [0.25, 0.3) is 11.6 Å². The first-order valence-electron chi connectivity index (χ1n) is 12.3. The van der Waals surface area contributed by atoms with Gasteiger partial charge in [0.1, 0.15) is 12.4 Å². The average molecular weight is 512 g/mol. The molecule has 9 nitrogen and oxygen atoms in total. The fourth-order valence-corrected chi connectivity index (χ4v) is 4.24. The van der Waals surface area contributed by atoms with Crippen LogP contribution in [-0.2, 0) is 4.79 Å². The minimum Gasteiger partial charge on any atom is -0.329 e. The van der Waals surface area contributed by atoms with Crippen LogP contribution in [0.4, 0.5) is 11.5 Å². The number of carbonyl (C=O) groups excluding carboxylic acids is 2. The fourth-order valence-electron chi connectivity index (χ4n) is 4.24. The Kier molecular flexibility index (Phi) is 7.96. The van der Waals surface area contributed by atoms with Crippen LogP contribution in [0.5, 0.6) is 0 Å². The summed E-state index contributed by atoms with van der Waals surface area (Å²) in [5, 5.41) is 18.7. The standard InChI is InChI=1S/C29H29N5O4/c1-4-18-32(29(36)23-12-16-25(17-13-23)34(37)38)19-26(35)30-28-27(22-8-6-5-7-9-22)21(3)31-33(28)24-14-10-20(2)11-15-24/h5-17H,4,18-19H2,1-3H3,(H,30,35). The summed E-state index contributed by atoms with van der Waals surface area (Å²) in [6.45, 7) is 5.98. The van der Waals surface area contributed by atoms with Crippen molar-refractivity contribution in [3.05, 3.63) is 106 Å². The van der Waals surface area contributed by atoms with Gasteiger partial charge < -0.3 is 10.2 Å². The molecule has 0 saturated carbocycles. The zero-order valence-electron chi connectivity index (χ0n) is 21.5. The minimum absolute atomic E-state index is 0.102. The molecular weight excluding hydrogens is 482 g/mol. The molecule has 0 aliphatic heterocycles. The Hall–Kier alpha value is -4.79. The molecule has 1 N–H and O–H groups in total. The van der Waals surface area contributed by atoms with Crippen molar-refractivity contribution in [3.63, 3.8) is 0 Å². The molecule has 2 amide bonds. The van der Waals surface area contributed by atoms with Crippen molar-refractivity contribution in [1.29, 1.82) is 0 Å². The number of carbonyl (C=O) groups is 2. The summed E-state index contributed by atoms with van der Waals surface area (Å²) in [6, 6.07) is 22.9. The molecule has 0 fully saturated rings. The number of hydrogen-bond donors (Lipinski definition) is 1. The van der Waals surface area contributed by atoms with Gasteiger partial charge in [0.2, 0.25) is 5.91 Å². The van der Waals surface area contributed by atoms with Gasteiger partial charge in [-0.15, -0.1) is 0 Å². The van der Waals surface area contributed by atoms with Crippen LogP contribution in [-0.4, -0.2) is 44.5 Å². The van der Waals surface area contributed by atoms with Gasteiger partial charge in [0, 0.05) is 29.8 Å². The van der Waals surface area contributed by atoms with Crippen LogP contribution in [0.1, 0.15) is 35.0 Å². The highest BCUT2D eigenvalue weighted by Crippen LogP contribution is 2.33. The summed E-state index contributed by atoms with van der Waals surface area (Å²) in [5.74, 6) is -0.232. The second kappa shape index (κ2) is 11.5. The lowest BCUT2D eigenvalue weighted by Gasteiger charge is -2.22. The number of benzene rings is 3. The van der Waals surface area contributed by atoms with Gasteiger partial charge in [-0.25, -0.2) is 4.68 Å². The molecule has 4 aromatic rings. The molecule has 0 radical (unpaired) electrons. The van der Waals surface area contributed by atoms with E-state index in [2.05, 4.69) is 5.32 Å². The smallest absolute Gasteiger partial charge is 0.269 e. The second-order valence-electron chi connectivity index (χ2n) is 9.00. The van der Waals surface area contributed by atoms with Crippen molar-refractivity contribution in [2.75, 3.05) is 18.4 Å². The number of aryl methyl sites for hydroxylation is 2. The fraction of sp³-hybridized carbons (Fsp3) is 0.207. The number of rotatable bonds is 9. The summed E-state index contributed by atoms with van der Waals surface area (Å²) in [4.78, 5) is 38.4. The van der Waals surface area contributed by atoms with E-state index in [0.29, 0.717) is 18.8 Å². The lowest BCUT2D eigenvalue weighted by atomic mass is 10.1. The maximum Gasteiger partial charge on any atom is 0.269 e. The predicted molar refractivity (Wildman–Crippen MR) is 146 cm³/mol. The molecule has 38 heavy (non-hydrogen) atoms. The van der Waals surface area contributed by atoms with Crippen molar-refractivity contribution in [1.82, 2.24) is 14.7 Å². The number of anilines is 1. The first-order chi connectivity index (χ1) is 18.3. The lowest BCUT2D eigenvalue weighted by molar-refractivity contribution is -0.384. The number of nitrogens with one attached hydrogen (secondary N) is 1. The highest BCUT2D eigenvalue weighted by atomic mass is 16.6. The van der Waals surface area contributed by atoms with Crippen molar-refractivity contribution in [3.8, 4) is 16.8 Å². The van der Waals surface area contributed by atoms with E-state index in [1.54, 1.807) is 4.68 Å². The summed E-state index contributed by atoms with van der Waals surface area (Å²) in [6.07, 6.45) is 0.641. The van der Waals surface area contributed by atoms with E-state index in [9.17, 15) is 19.7 Å². The number of nitro benzene ring substituents is 1. The van der Waals surface area contributed by atoms with E-state index in [1.165, 1.54) is 29.2 Å². The van der Waals surface area contributed by atoms with Gasteiger partial charge >= 0.3 is 0 Å². The Balaban J connectivity index is 1.64. The largest absolute Gasteiger partial charge is 0.329 e. The van der Waals surface area contributed by atoms with Crippen LogP contribution in [0, 0.1) is 24.0 Å². The van der Waals surface area contributed by atoms with E-state index in [1.807, 2.05) is 75.4 Å². The monoisotopic (exact) mass is 511 g/mol. The topological polar surface area (TPSA) is 110 Å². The van der Waals surface area contributed by atoms with Crippen LogP contribution < -0.4 is 5.32 Å². The first-order valence-corrected chi connectivity index (χ1v) is 12.3. The maximum atomic E-state index is 13.4. The highest BCUT2D eigenvalue weighted by Gasteiger charge is 2.23. The van der Waals surface area contributed by atoms with E-state index >= 15 is 0 Å². The van der Waals surface area contributed by atoms with E-state index in [-0.39, 0.29) is 29.6 Å². The van der Waals surface area contributed by atoms with Gasteiger partial charge in [-0.1, -0.05) is 55.0 Å². The first kappa shape index (κ1) is 26.3. The number of nitro groups is 1. The Bertz CT molecular complexity index is 1450. The minimum atomic E-state index is -0.519. The zero-order chi connectivity index (χ0) is 27.2. The SMILES string of the molecule is CCCN(CC(=O)Nc1c(-c2ccccc2)c(C)nn1-c1ccc(C)cc1)C(=O)c1ccc([N+](=O)[O-])cc1. The van der Waals surface area contributed by atoms with Gasteiger partial charge in [-0.05, 0) is 50.1 Å². The Morgan fingerprint density at radius 2 is 1.63 bits per heavy atom. The van der Waals surface area contributed by atoms with Crippen LogP contribution in [0.2, 0.25) is 0 Å². The third-order valence-electron chi connectivity index (χ3n) is 6.10. The van der Waals surface area contributed by atoms with Gasteiger partial charge in [-0.3, -0.25) is 19.7 Å². The van der Waals surface area contributed by atoms with E-state index < -0.39 is 4.92 Å². The molecule has 194 valence electrons.